The molecule has 4 rings (SSSR count). The number of nitrogens with one attached hydrogen (secondary N) is 1. The van der Waals surface area contributed by atoms with Crippen molar-refractivity contribution in [2.45, 2.75) is 23.2 Å². The van der Waals surface area contributed by atoms with Gasteiger partial charge in [-0.3, -0.25) is 4.79 Å². The van der Waals surface area contributed by atoms with Crippen LogP contribution in [0.2, 0.25) is 0 Å². The van der Waals surface area contributed by atoms with Crippen molar-refractivity contribution in [2.24, 2.45) is 5.73 Å². The first-order valence-corrected chi connectivity index (χ1v) is 13.2. The first-order chi connectivity index (χ1) is 18.2. The Morgan fingerprint density at radius 2 is 1.76 bits per heavy atom. The highest BCUT2D eigenvalue weighted by Crippen LogP contribution is 2.34. The molecular formula is C29H26N4O4S. The van der Waals surface area contributed by atoms with Crippen molar-refractivity contribution >= 4 is 21.6 Å². The Morgan fingerprint density at radius 3 is 2.45 bits per heavy atom. The van der Waals surface area contributed by atoms with Crippen LogP contribution < -0.4 is 11.1 Å². The molecule has 0 saturated heterocycles. The molecule has 1 atom stereocenters. The van der Waals surface area contributed by atoms with Crippen LogP contribution in [0.15, 0.2) is 96.2 Å². The quantitative estimate of drug-likeness (QED) is 0.280. The number of carbonyl (C=O) groups is 1. The summed E-state index contributed by atoms with van der Waals surface area (Å²) in [6.45, 7) is 1.40. The van der Waals surface area contributed by atoms with Crippen LogP contribution >= 0.6 is 0 Å². The Hall–Kier alpha value is -4.52. The van der Waals surface area contributed by atoms with Crippen molar-refractivity contribution in [3.05, 3.63) is 108 Å². The summed E-state index contributed by atoms with van der Waals surface area (Å²) in [7, 11) is -4.23. The first-order valence-electron chi connectivity index (χ1n) is 11.7. The third-order valence-electron chi connectivity index (χ3n) is 5.88. The largest absolute Gasteiger partial charge is 0.480 e. The Kier molecular flexibility index (Phi) is 7.86. The average molecular weight is 527 g/mol. The molecule has 9 heteroatoms. The van der Waals surface area contributed by atoms with Crippen LogP contribution in [0.25, 0.3) is 11.1 Å². The summed E-state index contributed by atoms with van der Waals surface area (Å²) in [5, 5.41) is 11.5. The predicted octanol–water partition coefficient (Wildman–Crippen LogP) is 3.84. The summed E-state index contributed by atoms with van der Waals surface area (Å²) < 4.78 is 27.7. The number of nitrogens with two attached hydrogens (primary N) is 1. The summed E-state index contributed by atoms with van der Waals surface area (Å²) >= 11 is 0. The summed E-state index contributed by atoms with van der Waals surface area (Å²) in [6, 6.07) is 24.5. The fourth-order valence-electron chi connectivity index (χ4n) is 3.99. The molecule has 2 heterocycles. The van der Waals surface area contributed by atoms with Crippen molar-refractivity contribution in [1.29, 1.82) is 0 Å². The van der Waals surface area contributed by atoms with Gasteiger partial charge in [-0.2, -0.15) is 0 Å². The molecule has 0 fully saturated rings. The standard InChI is InChI=1S/C29H26N4O4S/c1-2-7-21-8-5-9-24(18-21)23-15-13-22(14-16-23)19-29(30,38(36,37)27-12-3-4-17-31-27)25-10-6-11-26(33-25)32-20-28(34)35/h3-6,8-18H,19-20,30H2,1H3,(H,32,33)(H,34,35). The maximum atomic E-state index is 13.9. The number of anilines is 1. The minimum absolute atomic E-state index is 0.0634. The Morgan fingerprint density at radius 1 is 1.00 bits per heavy atom. The number of pyridine rings is 2. The summed E-state index contributed by atoms with van der Waals surface area (Å²) in [5.74, 6) is 5.06. The monoisotopic (exact) mass is 526 g/mol. The highest BCUT2D eigenvalue weighted by atomic mass is 32.2. The SMILES string of the molecule is CC#Cc1cccc(-c2ccc(CC(N)(c3cccc(NCC(=O)O)n3)S(=O)(=O)c3ccccn3)cc2)c1. The molecule has 0 spiro atoms. The molecule has 192 valence electrons. The number of nitrogens with zero attached hydrogens (tertiary/aromatic N) is 2. The van der Waals surface area contributed by atoms with Gasteiger partial charge in [0.1, 0.15) is 12.4 Å². The van der Waals surface area contributed by atoms with Gasteiger partial charge in [0.05, 0.1) is 5.69 Å². The van der Waals surface area contributed by atoms with E-state index < -0.39 is 20.7 Å². The molecule has 0 radical (unpaired) electrons. The molecule has 4 aromatic rings. The fourth-order valence-corrected chi connectivity index (χ4v) is 5.57. The van der Waals surface area contributed by atoms with E-state index in [2.05, 4.69) is 27.1 Å². The third kappa shape index (κ3) is 5.72. The highest BCUT2D eigenvalue weighted by Gasteiger charge is 2.45. The van der Waals surface area contributed by atoms with Crippen LogP contribution in [0.4, 0.5) is 5.82 Å². The maximum Gasteiger partial charge on any atom is 0.322 e. The molecular weight excluding hydrogens is 500 g/mol. The van der Waals surface area contributed by atoms with Crippen LogP contribution in [0, 0.1) is 11.8 Å². The van der Waals surface area contributed by atoms with Crippen LogP contribution in [0.1, 0.15) is 23.7 Å². The smallest absolute Gasteiger partial charge is 0.322 e. The van der Waals surface area contributed by atoms with Crippen LogP contribution in [-0.4, -0.2) is 36.0 Å². The molecule has 38 heavy (non-hydrogen) atoms. The zero-order valence-corrected chi connectivity index (χ0v) is 21.4. The van der Waals surface area contributed by atoms with E-state index in [-0.39, 0.29) is 29.5 Å². The number of aliphatic carboxylic acids is 1. The van der Waals surface area contributed by atoms with Gasteiger partial charge in [-0.1, -0.05) is 54.5 Å². The Balaban J connectivity index is 1.74. The lowest BCUT2D eigenvalue weighted by Gasteiger charge is -2.29. The second-order valence-corrected chi connectivity index (χ2v) is 10.7. The molecule has 1 unspecified atom stereocenters. The Labute approximate surface area is 221 Å². The molecule has 2 aromatic carbocycles. The van der Waals surface area contributed by atoms with Crippen LogP contribution in [-0.2, 0) is 25.9 Å². The van der Waals surface area contributed by atoms with E-state index in [1.165, 1.54) is 18.3 Å². The number of sulfone groups is 1. The number of hydrogen-bond donors (Lipinski definition) is 3. The maximum absolute atomic E-state index is 13.9. The van der Waals surface area contributed by atoms with E-state index >= 15 is 0 Å². The third-order valence-corrected chi connectivity index (χ3v) is 7.99. The van der Waals surface area contributed by atoms with E-state index in [4.69, 9.17) is 10.8 Å². The van der Waals surface area contributed by atoms with E-state index in [9.17, 15) is 13.2 Å². The second kappa shape index (κ2) is 11.3. The van der Waals surface area contributed by atoms with Gasteiger partial charge in [-0.05, 0) is 60.0 Å². The van der Waals surface area contributed by atoms with Crippen LogP contribution in [0.5, 0.6) is 0 Å². The van der Waals surface area contributed by atoms with E-state index in [0.717, 1.165) is 16.7 Å². The average Bonchev–Trinajstić information content (AvgIpc) is 2.93. The van der Waals surface area contributed by atoms with Gasteiger partial charge in [0.15, 0.2) is 9.90 Å². The molecule has 0 aliphatic heterocycles. The topological polar surface area (TPSA) is 135 Å². The molecule has 0 aliphatic carbocycles. The lowest BCUT2D eigenvalue weighted by atomic mass is 9.98. The molecule has 0 aliphatic rings. The number of carboxylic acid groups (broad SMARTS) is 1. The molecule has 4 N–H and O–H groups in total. The van der Waals surface area contributed by atoms with Crippen molar-refractivity contribution in [3.8, 4) is 23.0 Å². The van der Waals surface area contributed by atoms with Gasteiger partial charge >= 0.3 is 5.97 Å². The number of rotatable bonds is 9. The van der Waals surface area contributed by atoms with Crippen molar-refractivity contribution < 1.29 is 18.3 Å². The normalized spacial score (nSPS) is 12.6. The van der Waals surface area contributed by atoms with Gasteiger partial charge in [0.25, 0.3) is 0 Å². The molecule has 0 saturated carbocycles. The van der Waals surface area contributed by atoms with Crippen LogP contribution in [0.3, 0.4) is 0 Å². The van der Waals surface area contributed by atoms with Gasteiger partial charge in [-0.25, -0.2) is 18.4 Å². The minimum Gasteiger partial charge on any atom is -0.480 e. The number of benzene rings is 2. The molecule has 0 bridgehead atoms. The summed E-state index contributed by atoms with van der Waals surface area (Å²) in [5.41, 5.74) is 10.3. The van der Waals surface area contributed by atoms with E-state index in [1.54, 1.807) is 31.2 Å². The zero-order chi connectivity index (χ0) is 27.2. The van der Waals surface area contributed by atoms with Gasteiger partial charge in [0.2, 0.25) is 9.84 Å². The second-order valence-electron chi connectivity index (χ2n) is 8.55. The number of hydrogen-bond acceptors (Lipinski definition) is 7. The van der Waals surface area contributed by atoms with Crippen molar-refractivity contribution in [2.75, 3.05) is 11.9 Å². The Bertz CT molecular complexity index is 1610. The van der Waals surface area contributed by atoms with Gasteiger partial charge in [-0.15, -0.1) is 5.92 Å². The van der Waals surface area contributed by atoms with Crippen molar-refractivity contribution in [1.82, 2.24) is 9.97 Å². The minimum atomic E-state index is -4.23. The fraction of sp³-hybridized carbons (Fsp3) is 0.138. The summed E-state index contributed by atoms with van der Waals surface area (Å²) in [6.07, 6.45) is 1.29. The molecule has 8 nitrogen and oxygen atoms in total. The number of aromatic nitrogens is 2. The lowest BCUT2D eigenvalue weighted by Crippen LogP contribution is -2.47. The number of carboxylic acids is 1. The van der Waals surface area contributed by atoms with Gasteiger partial charge < -0.3 is 16.2 Å². The highest BCUT2D eigenvalue weighted by molar-refractivity contribution is 7.92. The van der Waals surface area contributed by atoms with Crippen molar-refractivity contribution in [3.63, 3.8) is 0 Å². The first kappa shape index (κ1) is 26.5. The predicted molar refractivity (Wildman–Crippen MR) is 146 cm³/mol. The van der Waals surface area contributed by atoms with E-state index in [1.807, 2.05) is 48.5 Å². The summed E-state index contributed by atoms with van der Waals surface area (Å²) in [4.78, 5) is 17.4. The molecule has 2 aromatic heterocycles. The van der Waals surface area contributed by atoms with E-state index in [0.29, 0.717) is 5.56 Å². The van der Waals surface area contributed by atoms with Gasteiger partial charge in [0, 0.05) is 18.2 Å². The zero-order valence-electron chi connectivity index (χ0n) is 20.6. The molecule has 0 amide bonds. The lowest BCUT2D eigenvalue weighted by molar-refractivity contribution is -0.134.